The second kappa shape index (κ2) is 4.94. The lowest BCUT2D eigenvalue weighted by Crippen LogP contribution is -1.97. The van der Waals surface area contributed by atoms with E-state index in [2.05, 4.69) is 29.5 Å². The number of rotatable bonds is 4. The number of carbonyl (C=O) groups is 1. The third kappa shape index (κ3) is 2.46. The predicted molar refractivity (Wildman–Crippen MR) is 72.0 cm³/mol. The molecule has 0 atom stereocenters. The highest BCUT2D eigenvalue weighted by Gasteiger charge is 2.12. The first-order chi connectivity index (χ1) is 8.49. The van der Waals surface area contributed by atoms with Crippen LogP contribution in [0.1, 0.15) is 23.5 Å². The van der Waals surface area contributed by atoms with Crippen LogP contribution in [0.4, 0.5) is 0 Å². The Balaban J connectivity index is 2.24. The number of hydrogen-bond donors (Lipinski definition) is 1. The number of hydrogen-bond acceptors (Lipinski definition) is 3. The fraction of sp³-hybridized carbons (Fsp3) is 0.385. The average Bonchev–Trinajstić information content (AvgIpc) is 2.87. The van der Waals surface area contributed by atoms with Gasteiger partial charge in [0.25, 0.3) is 0 Å². The van der Waals surface area contributed by atoms with Gasteiger partial charge in [0.15, 0.2) is 0 Å². The maximum atomic E-state index is 10.5. The van der Waals surface area contributed by atoms with E-state index >= 15 is 0 Å². The Morgan fingerprint density at radius 3 is 2.78 bits per heavy atom. The van der Waals surface area contributed by atoms with Gasteiger partial charge in [0, 0.05) is 35.8 Å². The molecule has 2 aromatic rings. The molecule has 0 aliphatic rings. The third-order valence-corrected chi connectivity index (χ3v) is 4.08. The summed E-state index contributed by atoms with van der Waals surface area (Å²) in [5, 5.41) is 11.6. The summed E-state index contributed by atoms with van der Waals surface area (Å²) in [5.74, 6) is -0.781. The van der Waals surface area contributed by atoms with Crippen molar-refractivity contribution in [3.63, 3.8) is 0 Å². The first kappa shape index (κ1) is 12.8. The molecular formula is C13H16N2O2S. The molecule has 0 amide bonds. The summed E-state index contributed by atoms with van der Waals surface area (Å²) in [5.41, 5.74) is 4.39. The summed E-state index contributed by atoms with van der Waals surface area (Å²) in [6.45, 7) is 4.14. The first-order valence-electron chi connectivity index (χ1n) is 5.78. The van der Waals surface area contributed by atoms with Crippen molar-refractivity contribution in [2.75, 3.05) is 0 Å². The van der Waals surface area contributed by atoms with Crippen LogP contribution in [0.2, 0.25) is 0 Å². The molecule has 0 saturated carbocycles. The van der Waals surface area contributed by atoms with Gasteiger partial charge < -0.3 is 9.67 Å². The largest absolute Gasteiger partial charge is 0.481 e. The van der Waals surface area contributed by atoms with Crippen LogP contribution >= 0.6 is 11.3 Å². The van der Waals surface area contributed by atoms with Crippen LogP contribution in [-0.4, -0.2) is 20.6 Å². The van der Waals surface area contributed by atoms with Crippen molar-refractivity contribution in [3.8, 4) is 10.6 Å². The lowest BCUT2D eigenvalue weighted by Gasteiger charge is -1.99. The number of carboxylic acid groups (broad SMARTS) is 1. The zero-order valence-electron chi connectivity index (χ0n) is 10.7. The van der Waals surface area contributed by atoms with Crippen LogP contribution in [0.5, 0.6) is 0 Å². The van der Waals surface area contributed by atoms with Crippen molar-refractivity contribution in [1.29, 1.82) is 0 Å². The van der Waals surface area contributed by atoms with Gasteiger partial charge in [-0.3, -0.25) is 4.79 Å². The van der Waals surface area contributed by atoms with E-state index in [1.165, 1.54) is 11.4 Å². The minimum atomic E-state index is -0.781. The van der Waals surface area contributed by atoms with E-state index < -0.39 is 5.97 Å². The lowest BCUT2D eigenvalue weighted by molar-refractivity contribution is -0.136. The number of aliphatic carboxylic acids is 1. The Morgan fingerprint density at radius 1 is 1.50 bits per heavy atom. The van der Waals surface area contributed by atoms with Crippen molar-refractivity contribution in [2.24, 2.45) is 7.05 Å². The van der Waals surface area contributed by atoms with Gasteiger partial charge >= 0.3 is 5.97 Å². The van der Waals surface area contributed by atoms with Gasteiger partial charge in [-0.25, -0.2) is 4.98 Å². The summed E-state index contributed by atoms with van der Waals surface area (Å²) in [4.78, 5) is 15.0. The molecule has 96 valence electrons. The minimum absolute atomic E-state index is 0.135. The first-order valence-corrected chi connectivity index (χ1v) is 6.66. The van der Waals surface area contributed by atoms with Crippen molar-refractivity contribution < 1.29 is 9.90 Å². The molecule has 0 saturated heterocycles. The summed E-state index contributed by atoms with van der Waals surface area (Å²) in [6.07, 6.45) is 0.632. The Morgan fingerprint density at radius 2 is 2.22 bits per heavy atom. The molecule has 1 N–H and O–H groups in total. The molecule has 0 aliphatic heterocycles. The molecular weight excluding hydrogens is 248 g/mol. The predicted octanol–water partition coefficient (Wildman–Crippen LogP) is 2.78. The van der Waals surface area contributed by atoms with E-state index in [0.717, 1.165) is 16.3 Å². The maximum absolute atomic E-state index is 10.5. The molecule has 0 fully saturated rings. The number of carboxylic acids is 1. The van der Waals surface area contributed by atoms with E-state index in [-0.39, 0.29) is 6.42 Å². The highest BCUT2D eigenvalue weighted by Crippen LogP contribution is 2.29. The molecule has 2 aromatic heterocycles. The van der Waals surface area contributed by atoms with Gasteiger partial charge in [-0.05, 0) is 19.9 Å². The van der Waals surface area contributed by atoms with E-state index in [0.29, 0.717) is 6.42 Å². The van der Waals surface area contributed by atoms with Crippen LogP contribution < -0.4 is 0 Å². The second-order valence-corrected chi connectivity index (χ2v) is 5.24. The number of nitrogens with zero attached hydrogens (tertiary/aromatic N) is 2. The fourth-order valence-corrected chi connectivity index (χ4v) is 2.77. The van der Waals surface area contributed by atoms with Crippen LogP contribution in [0, 0.1) is 13.8 Å². The van der Waals surface area contributed by atoms with Gasteiger partial charge in [-0.1, -0.05) is 0 Å². The van der Waals surface area contributed by atoms with Gasteiger partial charge in [0.1, 0.15) is 5.01 Å². The zero-order chi connectivity index (χ0) is 13.3. The number of aryl methyl sites for hydroxylation is 2. The molecule has 5 heteroatoms. The summed E-state index contributed by atoms with van der Waals surface area (Å²) in [6, 6.07) is 2.12. The van der Waals surface area contributed by atoms with E-state index in [4.69, 9.17) is 5.11 Å². The number of thiazole rings is 1. The van der Waals surface area contributed by atoms with Crippen LogP contribution in [0.25, 0.3) is 10.6 Å². The molecule has 0 unspecified atom stereocenters. The Kier molecular flexibility index (Phi) is 3.52. The van der Waals surface area contributed by atoms with Crippen LogP contribution in [0.3, 0.4) is 0 Å². The molecule has 0 radical (unpaired) electrons. The summed E-state index contributed by atoms with van der Waals surface area (Å²) < 4.78 is 2.13. The normalized spacial score (nSPS) is 10.8. The quantitative estimate of drug-likeness (QED) is 0.923. The molecule has 0 bridgehead atoms. The molecule has 2 heterocycles. The molecule has 18 heavy (non-hydrogen) atoms. The van der Waals surface area contributed by atoms with Gasteiger partial charge in [0.05, 0.1) is 12.1 Å². The Labute approximate surface area is 110 Å². The zero-order valence-corrected chi connectivity index (χ0v) is 11.5. The van der Waals surface area contributed by atoms with Crippen molar-refractivity contribution in [3.05, 3.63) is 28.5 Å². The highest BCUT2D eigenvalue weighted by atomic mass is 32.1. The Bertz CT molecular complexity index is 584. The van der Waals surface area contributed by atoms with Crippen molar-refractivity contribution in [2.45, 2.75) is 26.7 Å². The molecule has 0 aromatic carbocycles. The maximum Gasteiger partial charge on any atom is 0.303 e. The minimum Gasteiger partial charge on any atom is -0.481 e. The van der Waals surface area contributed by atoms with Crippen molar-refractivity contribution in [1.82, 2.24) is 9.55 Å². The number of aromatic nitrogens is 2. The van der Waals surface area contributed by atoms with E-state index in [1.807, 2.05) is 12.4 Å². The Hall–Kier alpha value is -1.62. The molecule has 0 aliphatic carbocycles. The summed E-state index contributed by atoms with van der Waals surface area (Å²) in [7, 11) is 2.03. The van der Waals surface area contributed by atoms with E-state index in [9.17, 15) is 4.79 Å². The molecule has 2 rings (SSSR count). The average molecular weight is 264 g/mol. The highest BCUT2D eigenvalue weighted by molar-refractivity contribution is 7.13. The molecule has 4 nitrogen and oxygen atoms in total. The lowest BCUT2D eigenvalue weighted by atomic mass is 10.2. The van der Waals surface area contributed by atoms with Gasteiger partial charge in [-0.2, -0.15) is 0 Å². The topological polar surface area (TPSA) is 55.1 Å². The monoisotopic (exact) mass is 264 g/mol. The van der Waals surface area contributed by atoms with Gasteiger partial charge in [0.2, 0.25) is 0 Å². The summed E-state index contributed by atoms with van der Waals surface area (Å²) >= 11 is 1.57. The third-order valence-electron chi connectivity index (χ3n) is 3.15. The fourth-order valence-electron chi connectivity index (χ4n) is 1.85. The SMILES string of the molecule is Cc1cc(-c2nc(CCC(=O)O)cs2)c(C)n1C. The van der Waals surface area contributed by atoms with E-state index in [1.54, 1.807) is 11.3 Å². The van der Waals surface area contributed by atoms with Crippen LogP contribution in [-0.2, 0) is 18.3 Å². The van der Waals surface area contributed by atoms with Gasteiger partial charge in [-0.15, -0.1) is 11.3 Å². The smallest absolute Gasteiger partial charge is 0.303 e. The standard InChI is InChI=1S/C13H16N2O2S/c1-8-6-11(9(2)15(8)3)13-14-10(7-18-13)4-5-12(16)17/h6-7H,4-5H2,1-3H3,(H,16,17). The van der Waals surface area contributed by atoms with Crippen molar-refractivity contribution >= 4 is 17.3 Å². The molecule has 0 spiro atoms. The van der Waals surface area contributed by atoms with Crippen LogP contribution in [0.15, 0.2) is 11.4 Å². The second-order valence-electron chi connectivity index (χ2n) is 4.38.